The molecule has 0 saturated carbocycles. The Balaban J connectivity index is 0.000000481. The fourth-order valence-corrected chi connectivity index (χ4v) is 2.21. The lowest BCUT2D eigenvalue weighted by atomic mass is 9.79. The number of hydrogen-bond acceptors (Lipinski definition) is 4. The van der Waals surface area contributed by atoms with Gasteiger partial charge in [0, 0.05) is 0 Å². The Morgan fingerprint density at radius 3 is 1.36 bits per heavy atom. The Morgan fingerprint density at radius 2 is 1.04 bits per heavy atom. The van der Waals surface area contributed by atoms with Crippen LogP contribution in [0.4, 0.5) is 0 Å². The summed E-state index contributed by atoms with van der Waals surface area (Å²) in [4.78, 5) is 0. The number of rotatable bonds is 2. The molecule has 0 radical (unpaired) electrons. The summed E-state index contributed by atoms with van der Waals surface area (Å²) in [7, 11) is -1.58. The predicted octanol–water partition coefficient (Wildman–Crippen LogP) is 3.40. The van der Waals surface area contributed by atoms with Crippen molar-refractivity contribution in [3.05, 3.63) is 60.7 Å². The third kappa shape index (κ3) is 7.80. The molecular formula is C22H36B2O4. The molecule has 1 aliphatic rings. The molecule has 1 saturated heterocycles. The van der Waals surface area contributed by atoms with Crippen molar-refractivity contribution < 1.29 is 19.4 Å². The lowest BCUT2D eigenvalue weighted by Crippen LogP contribution is -2.41. The minimum Gasteiger partial charge on any atom is -0.423 e. The summed E-state index contributed by atoms with van der Waals surface area (Å²) in [6.07, 6.45) is 0. The molecule has 0 atom stereocenters. The van der Waals surface area contributed by atoms with E-state index in [1.54, 1.807) is 24.3 Å². The quantitative estimate of drug-likeness (QED) is 0.777. The van der Waals surface area contributed by atoms with Gasteiger partial charge in [0.2, 0.25) is 0 Å². The van der Waals surface area contributed by atoms with Crippen LogP contribution in [0.15, 0.2) is 60.7 Å². The highest BCUT2D eigenvalue weighted by molar-refractivity contribution is 6.62. The van der Waals surface area contributed by atoms with E-state index in [1.807, 2.05) is 64.1 Å². The molecule has 1 fully saturated rings. The van der Waals surface area contributed by atoms with Gasteiger partial charge >= 0.3 is 14.2 Å². The van der Waals surface area contributed by atoms with Gasteiger partial charge in [0.15, 0.2) is 0 Å². The zero-order valence-electron chi connectivity index (χ0n) is 18.6. The van der Waals surface area contributed by atoms with Crippen LogP contribution in [0.5, 0.6) is 0 Å². The van der Waals surface area contributed by atoms with Gasteiger partial charge in [-0.2, -0.15) is 0 Å². The monoisotopic (exact) mass is 386 g/mol. The topological polar surface area (TPSA) is 58.9 Å². The molecule has 0 aliphatic carbocycles. The highest BCUT2D eigenvalue weighted by Crippen LogP contribution is 2.36. The van der Waals surface area contributed by atoms with Gasteiger partial charge in [0.1, 0.15) is 0 Å². The van der Waals surface area contributed by atoms with Crippen LogP contribution >= 0.6 is 0 Å². The van der Waals surface area contributed by atoms with Crippen LogP contribution in [-0.2, 0) is 9.31 Å². The van der Waals surface area contributed by atoms with E-state index >= 15 is 0 Å². The maximum Gasteiger partial charge on any atom is 0.494 e. The van der Waals surface area contributed by atoms with Crippen LogP contribution in [-0.4, -0.2) is 35.5 Å². The molecule has 1 aliphatic heterocycles. The lowest BCUT2D eigenvalue weighted by molar-refractivity contribution is 0.00578. The van der Waals surface area contributed by atoms with Gasteiger partial charge in [0.25, 0.3) is 0 Å². The molecule has 2 aromatic carbocycles. The molecule has 1 heterocycles. The fraction of sp³-hybridized carbons (Fsp3) is 0.455. The number of benzene rings is 2. The molecule has 0 unspecified atom stereocenters. The summed E-state index contributed by atoms with van der Waals surface area (Å²) >= 11 is 0. The molecule has 6 heteroatoms. The smallest absolute Gasteiger partial charge is 0.423 e. The Hall–Kier alpha value is -1.59. The van der Waals surface area contributed by atoms with Crippen molar-refractivity contribution in [1.29, 1.82) is 0 Å². The minimum absolute atomic E-state index is 0.240. The summed E-state index contributed by atoms with van der Waals surface area (Å²) in [6, 6.07) is 18.7. The summed E-state index contributed by atoms with van der Waals surface area (Å²) in [5.74, 6) is 0. The SMILES string of the molecule is CC.CC.CC1(C)OB(c2ccccc2)OC1(C)C.OB(O)c1ccccc1. The van der Waals surface area contributed by atoms with Crippen molar-refractivity contribution in [2.45, 2.75) is 66.6 Å². The highest BCUT2D eigenvalue weighted by atomic mass is 16.7. The third-order valence-electron chi connectivity index (χ3n) is 4.42. The van der Waals surface area contributed by atoms with Crippen molar-refractivity contribution in [3.63, 3.8) is 0 Å². The Bertz CT molecular complexity index is 615. The molecule has 2 aromatic rings. The van der Waals surface area contributed by atoms with Gasteiger partial charge in [-0.3, -0.25) is 0 Å². The van der Waals surface area contributed by atoms with Gasteiger partial charge in [-0.25, -0.2) is 0 Å². The summed E-state index contributed by atoms with van der Waals surface area (Å²) < 4.78 is 11.9. The number of hydrogen-bond donors (Lipinski definition) is 2. The van der Waals surface area contributed by atoms with Gasteiger partial charge in [-0.15, -0.1) is 0 Å². The van der Waals surface area contributed by atoms with Gasteiger partial charge in [0.05, 0.1) is 11.2 Å². The average Bonchev–Trinajstić information content (AvgIpc) is 2.94. The molecule has 0 aromatic heterocycles. The Kier molecular flexibility index (Phi) is 12.1. The first-order valence-electron chi connectivity index (χ1n) is 10.0. The maximum atomic E-state index is 8.58. The lowest BCUT2D eigenvalue weighted by Gasteiger charge is -2.32. The van der Waals surface area contributed by atoms with Crippen LogP contribution in [0.25, 0.3) is 0 Å². The predicted molar refractivity (Wildman–Crippen MR) is 121 cm³/mol. The van der Waals surface area contributed by atoms with E-state index in [1.165, 1.54) is 0 Å². The van der Waals surface area contributed by atoms with Crippen LogP contribution in [0.2, 0.25) is 0 Å². The summed E-state index contributed by atoms with van der Waals surface area (Å²) in [5.41, 5.74) is 1.09. The molecule has 0 amide bonds. The van der Waals surface area contributed by atoms with E-state index in [9.17, 15) is 0 Å². The largest absolute Gasteiger partial charge is 0.494 e. The minimum atomic E-state index is -1.34. The van der Waals surface area contributed by atoms with E-state index < -0.39 is 7.12 Å². The van der Waals surface area contributed by atoms with E-state index in [0.717, 1.165) is 5.46 Å². The van der Waals surface area contributed by atoms with Gasteiger partial charge in [-0.05, 0) is 38.6 Å². The van der Waals surface area contributed by atoms with Crippen LogP contribution in [0, 0.1) is 0 Å². The van der Waals surface area contributed by atoms with Crippen LogP contribution < -0.4 is 10.9 Å². The molecule has 0 bridgehead atoms. The zero-order chi connectivity index (χ0) is 21.8. The van der Waals surface area contributed by atoms with Crippen molar-refractivity contribution in [1.82, 2.24) is 0 Å². The van der Waals surface area contributed by atoms with E-state index in [-0.39, 0.29) is 18.3 Å². The highest BCUT2D eigenvalue weighted by Gasteiger charge is 2.51. The second-order valence-corrected chi connectivity index (χ2v) is 6.78. The normalized spacial score (nSPS) is 15.7. The standard InChI is InChI=1S/C12H17BO2.C6H7BO2.2C2H6/c1-11(2)12(3,4)15-13(14-11)10-8-6-5-7-9-10;8-7(9)6-4-2-1-3-5-6;2*1-2/h5-9H,1-4H3;1-5,8-9H;2*1-2H3. The van der Waals surface area contributed by atoms with Gasteiger partial charge in [-0.1, -0.05) is 88.4 Å². The molecule has 28 heavy (non-hydrogen) atoms. The fourth-order valence-electron chi connectivity index (χ4n) is 2.21. The summed E-state index contributed by atoms with van der Waals surface area (Å²) in [5, 5.41) is 17.2. The van der Waals surface area contributed by atoms with E-state index in [4.69, 9.17) is 19.4 Å². The Labute approximate surface area is 172 Å². The first-order chi connectivity index (χ1) is 13.2. The van der Waals surface area contributed by atoms with E-state index in [2.05, 4.69) is 27.7 Å². The average molecular weight is 386 g/mol. The second-order valence-electron chi connectivity index (χ2n) is 6.78. The van der Waals surface area contributed by atoms with E-state index in [0.29, 0.717) is 5.46 Å². The van der Waals surface area contributed by atoms with Crippen molar-refractivity contribution in [3.8, 4) is 0 Å². The van der Waals surface area contributed by atoms with Crippen LogP contribution in [0.3, 0.4) is 0 Å². The first-order valence-corrected chi connectivity index (χ1v) is 10.0. The van der Waals surface area contributed by atoms with Crippen molar-refractivity contribution >= 4 is 25.2 Å². The second kappa shape index (κ2) is 12.8. The molecule has 0 spiro atoms. The molecule has 2 N–H and O–H groups in total. The summed E-state index contributed by atoms with van der Waals surface area (Å²) in [6.45, 7) is 16.3. The molecule has 4 nitrogen and oxygen atoms in total. The zero-order valence-corrected chi connectivity index (χ0v) is 18.6. The third-order valence-corrected chi connectivity index (χ3v) is 4.42. The van der Waals surface area contributed by atoms with Gasteiger partial charge < -0.3 is 19.4 Å². The van der Waals surface area contributed by atoms with Crippen molar-refractivity contribution in [2.75, 3.05) is 0 Å². The molecule has 3 rings (SSSR count). The molecular weight excluding hydrogens is 350 g/mol. The van der Waals surface area contributed by atoms with Crippen molar-refractivity contribution in [2.24, 2.45) is 0 Å². The first kappa shape index (κ1) is 26.4. The Morgan fingerprint density at radius 1 is 0.679 bits per heavy atom. The van der Waals surface area contributed by atoms with Crippen LogP contribution in [0.1, 0.15) is 55.4 Å². The molecule has 154 valence electrons. The maximum absolute atomic E-state index is 8.58.